The standard InChI is InChI=1S/C44H37ClN10O21S8/c1-20-10-29(50-53-38-21(2)26(19-46)42-47-32-13-23(82(66,67)68)12-27(45)40(32)55(42)43(38)56)34(76-6-4-8-79(57,58)59)16-28(20)49-52-31-17-33(75-3)30(18-35(31)77-7-5-9-80(60,61)62)51-54-44-48-39-37(84(72,73)74)15-24-25(41(39)78-44)11-22(81(63,64)65)14-36(24)83(69,70)71/h10-18,56H,4-9H2,1-3H3,(H,57,58,59)(H,60,61,62)(H,63,64,65)(H,66,67,68)(H,69,70,71)(H,72,73,74). The minimum absolute atomic E-state index is 0.0167. The van der Waals surface area contributed by atoms with Crippen LogP contribution in [0.4, 0.5) is 33.6 Å². The van der Waals surface area contributed by atoms with Gasteiger partial charge in [-0.05, 0) is 80.5 Å². The highest BCUT2D eigenvalue weighted by molar-refractivity contribution is 7.99. The zero-order valence-electron chi connectivity index (χ0n) is 42.4. The Kier molecular flexibility index (Phi) is 17.6. The number of hydrogen-bond donors (Lipinski definition) is 7. The summed E-state index contributed by atoms with van der Waals surface area (Å²) in [6.07, 6.45) is -0.340. The number of aryl methyl sites for hydroxylation is 1. The average molecular weight is 1330 g/mol. The van der Waals surface area contributed by atoms with Gasteiger partial charge in [-0.15, -0.1) is 37.3 Å². The van der Waals surface area contributed by atoms with Gasteiger partial charge in [0.1, 0.15) is 55.5 Å². The molecule has 0 aliphatic carbocycles. The molecule has 40 heteroatoms. The second-order valence-electron chi connectivity index (χ2n) is 17.5. The number of nitriles is 1. The van der Waals surface area contributed by atoms with Gasteiger partial charge in [-0.1, -0.05) is 22.9 Å². The van der Waals surface area contributed by atoms with E-state index in [2.05, 4.69) is 40.7 Å². The molecule has 3 aromatic heterocycles. The quantitative estimate of drug-likeness (QED) is 0.0152. The van der Waals surface area contributed by atoms with Gasteiger partial charge in [0.15, 0.2) is 11.3 Å². The molecule has 0 aliphatic heterocycles. The first-order valence-electron chi connectivity index (χ1n) is 22.8. The lowest BCUT2D eigenvalue weighted by Gasteiger charge is -2.12. The van der Waals surface area contributed by atoms with Crippen molar-refractivity contribution in [1.82, 2.24) is 14.4 Å². The van der Waals surface area contributed by atoms with Crippen LogP contribution in [0.1, 0.15) is 29.5 Å². The van der Waals surface area contributed by atoms with Gasteiger partial charge in [-0.3, -0.25) is 31.7 Å². The Morgan fingerprint density at radius 1 is 0.667 bits per heavy atom. The normalized spacial score (nSPS) is 13.2. The summed E-state index contributed by atoms with van der Waals surface area (Å²) in [5.74, 6) is -2.21. The third-order valence-corrected chi connectivity index (χ3v) is 19.1. The van der Waals surface area contributed by atoms with Crippen LogP contribution in [0.25, 0.3) is 37.7 Å². The number of aromatic nitrogens is 3. The second-order valence-corrected chi connectivity index (χ2v) is 28.8. The predicted molar refractivity (Wildman–Crippen MR) is 300 cm³/mol. The van der Waals surface area contributed by atoms with Crippen LogP contribution in [0.15, 0.2) is 110 Å². The van der Waals surface area contributed by atoms with Crippen molar-refractivity contribution in [3.8, 4) is 23.4 Å². The van der Waals surface area contributed by atoms with Crippen molar-refractivity contribution < 1.29 is 92.4 Å². The predicted octanol–water partition coefficient (Wildman–Crippen LogP) is 9.37. The monoisotopic (exact) mass is 1330 g/mol. The molecule has 8 rings (SSSR count). The number of pyridine rings is 1. The molecule has 0 saturated heterocycles. The summed E-state index contributed by atoms with van der Waals surface area (Å²) >= 11 is 7.92. The van der Waals surface area contributed by atoms with Gasteiger partial charge in [0, 0.05) is 33.4 Å². The fourth-order valence-corrected chi connectivity index (χ4v) is 14.0. The summed E-state index contributed by atoms with van der Waals surface area (Å²) < 4.78 is 215. The molecule has 84 heavy (non-hydrogen) atoms. The van der Waals surface area contributed by atoms with Crippen LogP contribution < -0.4 is 9.47 Å². The molecule has 0 amide bonds. The van der Waals surface area contributed by atoms with E-state index in [4.69, 9.17) is 21.1 Å². The molecule has 444 valence electrons. The van der Waals surface area contributed by atoms with Crippen LogP contribution in [0.5, 0.6) is 17.4 Å². The highest BCUT2D eigenvalue weighted by Gasteiger charge is 2.29. The van der Waals surface area contributed by atoms with Crippen molar-refractivity contribution in [2.24, 2.45) is 30.7 Å². The van der Waals surface area contributed by atoms with Crippen LogP contribution in [-0.2, 0) is 60.7 Å². The average Bonchev–Trinajstić information content (AvgIpc) is 2.87. The van der Waals surface area contributed by atoms with Crippen molar-refractivity contribution in [3.63, 3.8) is 0 Å². The molecule has 0 spiro atoms. The fourth-order valence-electron chi connectivity index (χ4n) is 7.96. The largest absolute Gasteiger partial charge is 0.494 e. The van der Waals surface area contributed by atoms with Crippen LogP contribution >= 0.6 is 34.7 Å². The number of thiazole rings is 1. The summed E-state index contributed by atoms with van der Waals surface area (Å²) in [6, 6.07) is 10.9. The number of rotatable bonds is 21. The van der Waals surface area contributed by atoms with E-state index in [1.807, 2.05) is 6.07 Å². The molecule has 5 aromatic carbocycles. The number of imidazole rings is 1. The van der Waals surface area contributed by atoms with Crippen molar-refractivity contribution in [2.75, 3.05) is 31.0 Å². The van der Waals surface area contributed by atoms with E-state index in [-0.39, 0.29) is 113 Å². The maximum absolute atomic E-state index is 12.6. The van der Waals surface area contributed by atoms with Crippen molar-refractivity contribution in [1.29, 1.82) is 5.26 Å². The zero-order chi connectivity index (χ0) is 61.8. The first-order chi connectivity index (χ1) is 39.0. The van der Waals surface area contributed by atoms with Crippen LogP contribution in [0.3, 0.4) is 0 Å². The third-order valence-electron chi connectivity index (χ3n) is 11.7. The van der Waals surface area contributed by atoms with E-state index < -0.39 is 114 Å². The summed E-state index contributed by atoms with van der Waals surface area (Å²) in [5, 5.41) is 45.7. The summed E-state index contributed by atoms with van der Waals surface area (Å²) in [7, 11) is -28.1. The Hall–Kier alpha value is -7.01. The molecular formula is C44H37ClN10O21S8. The molecular weight excluding hydrogens is 1300 g/mol. The highest BCUT2D eigenvalue weighted by Crippen LogP contribution is 2.46. The lowest BCUT2D eigenvalue weighted by molar-refractivity contribution is 0.317. The van der Waals surface area contributed by atoms with Gasteiger partial charge < -0.3 is 14.6 Å². The highest BCUT2D eigenvalue weighted by atomic mass is 35.5. The number of methoxy groups -OCH3 is 1. The van der Waals surface area contributed by atoms with Gasteiger partial charge >= 0.3 is 0 Å². The van der Waals surface area contributed by atoms with Gasteiger partial charge in [0.25, 0.3) is 60.7 Å². The van der Waals surface area contributed by atoms with Crippen molar-refractivity contribution >= 4 is 167 Å². The number of hydrogen-bond acceptors (Lipinski definition) is 26. The molecule has 0 atom stereocenters. The number of fused-ring (bicyclic) bond motifs is 6. The number of aromatic hydroxyl groups is 1. The van der Waals surface area contributed by atoms with E-state index in [9.17, 15) is 88.2 Å². The van der Waals surface area contributed by atoms with E-state index in [0.29, 0.717) is 29.0 Å². The number of halogens is 1. The minimum atomic E-state index is -5.33. The van der Waals surface area contributed by atoms with Gasteiger partial charge in [-0.25, -0.2) is 9.97 Å². The van der Waals surface area contributed by atoms with E-state index in [1.54, 1.807) is 6.92 Å². The summed E-state index contributed by atoms with van der Waals surface area (Å²) in [5.41, 5.74) is -1.10. The maximum atomic E-state index is 12.6. The Morgan fingerprint density at radius 3 is 1.88 bits per heavy atom. The smallest absolute Gasteiger partial charge is 0.296 e. The van der Waals surface area contributed by atoms with Gasteiger partial charge in [0.05, 0.1) is 61.5 Å². The first kappa shape index (κ1) is 63.0. The molecule has 0 unspecified atom stereocenters. The molecule has 8 aromatic rings. The molecule has 7 N–H and O–H groups in total. The maximum Gasteiger partial charge on any atom is 0.296 e. The zero-order valence-corrected chi connectivity index (χ0v) is 49.7. The first-order valence-corrected chi connectivity index (χ1v) is 34.0. The van der Waals surface area contributed by atoms with Crippen molar-refractivity contribution in [2.45, 2.75) is 51.2 Å². The molecule has 0 fully saturated rings. The number of thioether (sulfide) groups is 1. The van der Waals surface area contributed by atoms with Gasteiger partial charge in [-0.2, -0.15) is 60.9 Å². The Bertz CT molecular complexity index is 4970. The third kappa shape index (κ3) is 13.9. The Morgan fingerprint density at radius 2 is 1.26 bits per heavy atom. The lowest BCUT2D eigenvalue weighted by atomic mass is 10.1. The van der Waals surface area contributed by atoms with Crippen LogP contribution in [0, 0.1) is 25.2 Å². The molecule has 31 nitrogen and oxygen atoms in total. The van der Waals surface area contributed by atoms with Crippen molar-refractivity contribution in [3.05, 3.63) is 76.3 Å². The number of nitrogens with zero attached hydrogens (tertiary/aromatic N) is 10. The number of ether oxygens (including phenoxy) is 2. The summed E-state index contributed by atoms with van der Waals surface area (Å²) in [6.45, 7) is 2.61. The fraction of sp³-hybridized carbons (Fsp3) is 0.205. The summed E-state index contributed by atoms with van der Waals surface area (Å²) in [4.78, 5) is 4.81. The number of azo groups is 3. The minimum Gasteiger partial charge on any atom is -0.494 e. The van der Waals surface area contributed by atoms with E-state index >= 15 is 0 Å². The molecule has 0 radical (unpaired) electrons. The van der Waals surface area contributed by atoms with Crippen LogP contribution in [-0.4, -0.2) is 128 Å². The Balaban J connectivity index is 1.21. The van der Waals surface area contributed by atoms with E-state index in [1.165, 1.54) is 38.3 Å². The molecule has 0 aliphatic rings. The van der Waals surface area contributed by atoms with Crippen LogP contribution in [0.2, 0.25) is 5.02 Å². The number of benzene rings is 5. The SMILES string of the molecule is COc1cc(N=Nc2cc(OCCCS(=O)(=O)O)c(N=Nc3c(C)c(C#N)c4nc5cc(S(=O)(=O)O)cc(Cl)c5n4c3O)cc2C)c(SCCCS(=O)(=O)O)cc1N=Nc1nc2c(S(=O)(=O)O)cc3c(S(=O)(=O)O)cc(S(=O)(=O)O)cc3c2s1. The molecule has 0 bridgehead atoms. The molecule has 0 saturated carbocycles. The Labute approximate surface area is 487 Å². The second kappa shape index (κ2) is 23.5. The topological polar surface area (TPSA) is 493 Å². The lowest BCUT2D eigenvalue weighted by Crippen LogP contribution is -2.08. The van der Waals surface area contributed by atoms with Gasteiger partial charge in [0.2, 0.25) is 11.0 Å². The van der Waals surface area contributed by atoms with E-state index in [0.717, 1.165) is 34.4 Å². The molecule has 3 heterocycles.